The number of fused-ring (bicyclic) bond motifs is 2. The van der Waals surface area contributed by atoms with E-state index in [2.05, 4.69) is 21.5 Å². The summed E-state index contributed by atoms with van der Waals surface area (Å²) in [5, 5.41) is 11.1. The number of nitrogens with two attached hydrogens (primary N) is 1. The van der Waals surface area contributed by atoms with Gasteiger partial charge in [0, 0.05) is 0 Å². The van der Waals surface area contributed by atoms with Crippen LogP contribution in [-0.2, 0) is 13.8 Å². The van der Waals surface area contributed by atoms with Gasteiger partial charge >= 0.3 is 8.25 Å². The van der Waals surface area contributed by atoms with Crippen LogP contribution in [0, 0.1) is 5.41 Å². The Kier molecular flexibility index (Phi) is 5.32. The first kappa shape index (κ1) is 21.8. The Bertz CT molecular complexity index is 1240. The summed E-state index contributed by atoms with van der Waals surface area (Å²) in [4.78, 5) is 12.4. The number of aliphatic hydroxyl groups is 1. The summed E-state index contributed by atoms with van der Waals surface area (Å²) in [5.41, 5.74) is 4.73. The maximum atomic E-state index is 14.6. The molecule has 5 rings (SSSR count). The van der Waals surface area contributed by atoms with Crippen LogP contribution in [0.1, 0.15) is 13.2 Å². The zero-order valence-electron chi connectivity index (χ0n) is 17.4. The Morgan fingerprint density at radius 1 is 1.39 bits per heavy atom. The lowest BCUT2D eigenvalue weighted by molar-refractivity contribution is -0.0707. The van der Waals surface area contributed by atoms with E-state index in [4.69, 9.17) is 24.3 Å². The number of anilines is 1. The molecule has 2 aromatic heterocycles. The number of halogens is 1. The number of imidazole rings is 1. The molecule has 2 fully saturated rings. The lowest BCUT2D eigenvalue weighted by atomic mass is 9.97. The lowest BCUT2D eigenvalue weighted by Gasteiger charge is -2.25. The van der Waals surface area contributed by atoms with Gasteiger partial charge in [-0.25, -0.2) is 13.9 Å². The van der Waals surface area contributed by atoms with Gasteiger partial charge in [0.1, 0.15) is 35.3 Å². The molecule has 174 valence electrons. The molecule has 0 spiro atoms. The predicted octanol–water partition coefficient (Wildman–Crippen LogP) is 2.40. The minimum atomic E-state index is -3.06. The maximum Gasteiger partial charge on any atom is 0.368 e. The zero-order valence-corrected chi connectivity index (χ0v) is 18.4. The van der Waals surface area contributed by atoms with Crippen LogP contribution < -0.4 is 15.0 Å². The second-order valence-corrected chi connectivity index (χ2v) is 8.52. The molecule has 1 saturated heterocycles. The molecular weight excluding hydrogens is 456 g/mol. The van der Waals surface area contributed by atoms with Crippen LogP contribution in [0.5, 0.6) is 11.6 Å². The van der Waals surface area contributed by atoms with E-state index < -0.39 is 44.0 Å². The van der Waals surface area contributed by atoms with Gasteiger partial charge in [0.05, 0.1) is 12.9 Å². The van der Waals surface area contributed by atoms with Crippen molar-refractivity contribution in [1.82, 2.24) is 19.5 Å². The lowest BCUT2D eigenvalue weighted by Crippen LogP contribution is -2.33. The molecule has 3 heterocycles. The van der Waals surface area contributed by atoms with E-state index in [1.165, 1.54) is 10.9 Å². The number of rotatable bonds is 8. The Morgan fingerprint density at radius 3 is 2.82 bits per heavy atom. The average Bonchev–Trinajstić information content (AvgIpc) is 3.04. The number of para-hydroxylation sites is 1. The minimum Gasteiger partial charge on any atom is -0.476 e. The molecule has 3 N–H and O–H groups in total. The van der Waals surface area contributed by atoms with Crippen molar-refractivity contribution < 1.29 is 32.6 Å². The van der Waals surface area contributed by atoms with E-state index in [9.17, 15) is 14.1 Å². The van der Waals surface area contributed by atoms with Gasteiger partial charge in [0.2, 0.25) is 11.8 Å². The Hall–Kier alpha value is -3.05. The van der Waals surface area contributed by atoms with Gasteiger partial charge in [-0.3, -0.25) is 9.09 Å². The summed E-state index contributed by atoms with van der Waals surface area (Å²) < 4.78 is 50.5. The highest BCUT2D eigenvalue weighted by Gasteiger charge is 2.80. The molecule has 2 aliphatic rings. The second-order valence-electron chi connectivity index (χ2n) is 7.58. The average molecular weight is 477 g/mol. The van der Waals surface area contributed by atoms with Gasteiger partial charge in [-0.15, -0.1) is 0 Å². The van der Waals surface area contributed by atoms with Crippen molar-refractivity contribution in [3.63, 3.8) is 0 Å². The molecule has 33 heavy (non-hydrogen) atoms. The smallest absolute Gasteiger partial charge is 0.368 e. The van der Waals surface area contributed by atoms with Crippen molar-refractivity contribution in [2.75, 3.05) is 12.3 Å². The van der Waals surface area contributed by atoms with E-state index in [0.717, 1.165) is 0 Å². The Labute approximate surface area is 187 Å². The Balaban J connectivity index is 1.39. The van der Waals surface area contributed by atoms with E-state index in [-0.39, 0.29) is 17.5 Å². The van der Waals surface area contributed by atoms with Crippen molar-refractivity contribution >= 4 is 25.4 Å². The number of hydrogen-bond donors (Lipinski definition) is 2. The number of ether oxygens (including phenoxy) is 2. The van der Waals surface area contributed by atoms with Gasteiger partial charge in [0.25, 0.3) is 0 Å². The van der Waals surface area contributed by atoms with Crippen LogP contribution in [0.4, 0.5) is 10.3 Å². The number of benzene rings is 1. The minimum absolute atomic E-state index is 0.0622. The van der Waals surface area contributed by atoms with Gasteiger partial charge in [-0.1, -0.05) is 24.8 Å². The quantitative estimate of drug-likeness (QED) is 0.464. The van der Waals surface area contributed by atoms with Gasteiger partial charge in [-0.05, 0) is 19.1 Å². The fraction of sp³-hybridized carbons (Fsp3) is 0.350. The van der Waals surface area contributed by atoms with Crippen LogP contribution in [-0.4, -0.2) is 49.5 Å². The summed E-state index contributed by atoms with van der Waals surface area (Å²) in [7, 11) is -3.06. The van der Waals surface area contributed by atoms with E-state index in [1.54, 1.807) is 37.3 Å². The molecule has 0 radical (unpaired) electrons. The first-order valence-corrected chi connectivity index (χ1v) is 11.3. The van der Waals surface area contributed by atoms with Crippen molar-refractivity contribution in [2.24, 2.45) is 5.41 Å². The van der Waals surface area contributed by atoms with E-state index in [1.807, 2.05) is 0 Å². The number of aliphatic hydroxyl groups excluding tert-OH is 1. The van der Waals surface area contributed by atoms with Crippen LogP contribution in [0.15, 0.2) is 49.1 Å². The van der Waals surface area contributed by atoms with Crippen molar-refractivity contribution in [2.45, 2.75) is 31.5 Å². The summed E-state index contributed by atoms with van der Waals surface area (Å²) >= 11 is 0. The van der Waals surface area contributed by atoms with Crippen LogP contribution in [0.2, 0.25) is 0 Å². The molecule has 11 nitrogen and oxygen atoms in total. The first-order chi connectivity index (χ1) is 15.9. The Morgan fingerprint density at radius 2 is 2.15 bits per heavy atom. The summed E-state index contributed by atoms with van der Waals surface area (Å²) in [6.45, 7) is 5.48. The molecule has 2 unspecified atom stereocenters. The summed E-state index contributed by atoms with van der Waals surface area (Å²) in [6.07, 6.45) is -3.13. The fourth-order valence-corrected chi connectivity index (χ4v) is 5.12. The third-order valence-electron chi connectivity index (χ3n) is 5.75. The highest BCUT2D eigenvalue weighted by atomic mass is 31.1. The highest BCUT2D eigenvalue weighted by Crippen LogP contribution is 2.67. The van der Waals surface area contributed by atoms with Crippen LogP contribution in [0.3, 0.4) is 0 Å². The van der Waals surface area contributed by atoms with Gasteiger partial charge in [-0.2, -0.15) is 9.97 Å². The SMILES string of the molecule is C=C(F)[C@]12C(O[PH](=O)Oc3ccccc3)[C@H]1O[C@@H](n1cnc3c(OCC)nc(N)nc31)[C@@H]2O. The van der Waals surface area contributed by atoms with E-state index in [0.29, 0.717) is 17.9 Å². The molecule has 3 aromatic rings. The molecule has 1 aromatic carbocycles. The summed E-state index contributed by atoms with van der Waals surface area (Å²) in [6, 6.07) is 8.42. The number of hydrogen-bond acceptors (Lipinski definition) is 10. The van der Waals surface area contributed by atoms with Crippen molar-refractivity contribution in [3.05, 3.63) is 49.1 Å². The molecule has 0 amide bonds. The number of nitrogen functional groups attached to an aromatic ring is 1. The molecule has 0 bridgehead atoms. The number of aromatic nitrogens is 4. The third kappa shape index (κ3) is 3.37. The number of nitrogens with zero attached hydrogens (tertiary/aromatic N) is 4. The van der Waals surface area contributed by atoms with Crippen molar-refractivity contribution in [3.8, 4) is 11.6 Å². The molecule has 13 heteroatoms. The second kappa shape index (κ2) is 8.07. The topological polar surface area (TPSA) is 144 Å². The highest BCUT2D eigenvalue weighted by molar-refractivity contribution is 7.33. The zero-order chi connectivity index (χ0) is 23.3. The molecular formula is C20H21FN5O6P. The molecule has 6 atom stereocenters. The third-order valence-corrected chi connectivity index (χ3v) is 6.60. The van der Waals surface area contributed by atoms with Crippen LogP contribution >= 0.6 is 8.25 Å². The molecule has 1 aliphatic heterocycles. The fourth-order valence-electron chi connectivity index (χ4n) is 4.21. The predicted molar refractivity (Wildman–Crippen MR) is 114 cm³/mol. The molecule has 1 saturated carbocycles. The van der Waals surface area contributed by atoms with Crippen molar-refractivity contribution in [1.29, 1.82) is 0 Å². The normalized spacial score (nSPS) is 28.9. The van der Waals surface area contributed by atoms with E-state index >= 15 is 0 Å². The van der Waals surface area contributed by atoms with Gasteiger partial charge < -0.3 is 24.8 Å². The maximum absolute atomic E-state index is 14.6. The first-order valence-electron chi connectivity index (χ1n) is 10.1. The summed E-state index contributed by atoms with van der Waals surface area (Å²) in [5.74, 6) is -0.394. The largest absolute Gasteiger partial charge is 0.476 e. The standard InChI is InChI=1S/C20H21FN5O6P/c1-3-29-17-12-16(24-19(22)25-17)26(9-23-12)18-13(27)20(10(2)21)14(30-18)15(20)32-33(28)31-11-7-5-4-6-8-11/h4-9,13-15,18,27,33H,2-3H2,1H3,(H2,22,24,25)/t13-,14+,15?,18+,20+/m0/s1. The molecule has 1 aliphatic carbocycles. The monoisotopic (exact) mass is 477 g/mol. The van der Waals surface area contributed by atoms with Crippen LogP contribution in [0.25, 0.3) is 11.2 Å². The van der Waals surface area contributed by atoms with Gasteiger partial charge in [0.15, 0.2) is 17.4 Å².